The zero-order chi connectivity index (χ0) is 39.4. The average Bonchev–Trinajstić information content (AvgIpc) is 3.10. The van der Waals surface area contributed by atoms with Crippen molar-refractivity contribution in [2.75, 3.05) is 13.7 Å². The average molecular weight is 767 g/mol. The molecule has 9 heteroatoms. The van der Waals surface area contributed by atoms with Gasteiger partial charge in [0.2, 0.25) is 8.32 Å². The molecule has 0 aliphatic heterocycles. The molecule has 0 fully saturated rings. The van der Waals surface area contributed by atoms with Crippen molar-refractivity contribution in [2.24, 2.45) is 5.92 Å². The highest BCUT2D eigenvalue weighted by atomic mass is 28.4. The number of aliphatic hydroxyl groups excluding tert-OH is 1. The van der Waals surface area contributed by atoms with Crippen LogP contribution in [0.5, 0.6) is 0 Å². The quantitative estimate of drug-likeness (QED) is 0.0388. The zero-order valence-corrected chi connectivity index (χ0v) is 39.1. The maximum Gasteiger partial charge on any atom is 0.330 e. The fourth-order valence-electron chi connectivity index (χ4n) is 7.87. The van der Waals surface area contributed by atoms with Crippen LogP contribution in [0.1, 0.15) is 123 Å². The van der Waals surface area contributed by atoms with Crippen LogP contribution in [-0.4, -0.2) is 68.1 Å². The summed E-state index contributed by atoms with van der Waals surface area (Å²) in [6.07, 6.45) is 13.4. The largest absolute Gasteiger partial charge is 0.466 e. The molecule has 0 amide bonds. The highest BCUT2D eigenvalue weighted by molar-refractivity contribution is 6.77. The SMILES string of the molecule is CC[Si](CC)(CC)OC[C@@H](O[Si](C(C)C)(C(C)C)C(C)C)[C@@H](CC/C=C/C=C(\C)C[C@@H](O)[C@H](C)/C=C(C)/C=C/C(=O)OC)O[Si](CC)(CC)CC. The third kappa shape index (κ3) is 16.0. The summed E-state index contributed by atoms with van der Waals surface area (Å²) in [5, 5.41) is 10.9. The molecule has 0 radical (unpaired) electrons. The van der Waals surface area contributed by atoms with E-state index in [0.29, 0.717) is 29.7 Å². The van der Waals surface area contributed by atoms with Gasteiger partial charge in [-0.2, -0.15) is 0 Å². The van der Waals surface area contributed by atoms with Gasteiger partial charge < -0.3 is 23.1 Å². The van der Waals surface area contributed by atoms with E-state index in [4.69, 9.17) is 13.3 Å². The molecule has 0 spiro atoms. The molecule has 4 atom stereocenters. The number of esters is 1. The number of allylic oxidation sites excluding steroid dienone is 5. The normalized spacial score (nSPS) is 16.5. The lowest BCUT2D eigenvalue weighted by molar-refractivity contribution is -0.134. The Labute approximate surface area is 319 Å². The Kier molecular flexibility index (Phi) is 24.6. The van der Waals surface area contributed by atoms with Crippen molar-refractivity contribution >= 4 is 30.9 Å². The summed E-state index contributed by atoms with van der Waals surface area (Å²) in [4.78, 5) is 11.4. The Bertz CT molecular complexity index is 1050. The highest BCUT2D eigenvalue weighted by Crippen LogP contribution is 2.44. The van der Waals surface area contributed by atoms with Crippen molar-refractivity contribution in [3.8, 4) is 0 Å². The molecule has 0 aliphatic carbocycles. The summed E-state index contributed by atoms with van der Waals surface area (Å²) in [6, 6.07) is 6.70. The Hall–Kier alpha value is -1.08. The second-order valence-corrected chi connectivity index (χ2v) is 30.8. The molecule has 0 aromatic rings. The van der Waals surface area contributed by atoms with Crippen LogP contribution in [0.4, 0.5) is 0 Å². The van der Waals surface area contributed by atoms with Crippen molar-refractivity contribution < 1.29 is 27.9 Å². The number of carbonyl (C=O) groups is 1. The summed E-state index contributed by atoms with van der Waals surface area (Å²) in [5.74, 6) is -0.437. The molecule has 0 aromatic carbocycles. The first kappa shape index (κ1) is 49.9. The van der Waals surface area contributed by atoms with Gasteiger partial charge in [0, 0.05) is 12.0 Å². The fourth-order valence-corrected chi connectivity index (χ4v) is 19.0. The van der Waals surface area contributed by atoms with Gasteiger partial charge in [0.15, 0.2) is 16.6 Å². The number of rotatable bonds is 27. The molecule has 0 heterocycles. The monoisotopic (exact) mass is 767 g/mol. The fraction of sp³-hybridized carbons (Fsp3) is 0.786. The van der Waals surface area contributed by atoms with Crippen LogP contribution in [0, 0.1) is 5.92 Å². The lowest BCUT2D eigenvalue weighted by Crippen LogP contribution is -2.56. The van der Waals surface area contributed by atoms with Gasteiger partial charge in [-0.25, -0.2) is 4.79 Å². The molecular weight excluding hydrogens is 685 g/mol. The minimum atomic E-state index is -2.21. The van der Waals surface area contributed by atoms with E-state index in [0.717, 1.165) is 60.3 Å². The van der Waals surface area contributed by atoms with Crippen molar-refractivity contribution in [1.29, 1.82) is 0 Å². The standard InChI is InChI=1S/C42H82O6Si3/c1-17-49(18-2,19-3)46-32-41(48-51(33(7)8,34(9)10)35(11)12)40(47-50(20-4,21-5)22-6)27-25-23-24-26-36(13)31-39(43)38(15)30-37(14)28-29-42(44)45-16/h23-24,26,28-30,33-35,38-41,43H,17-22,25,27,31-32H2,1-16H3/b24-23+,29-28+,36-26+,37-30+/t38-,39-,40-,41-/m1/s1. The van der Waals surface area contributed by atoms with Gasteiger partial charge in [0.05, 0.1) is 32.0 Å². The lowest BCUT2D eigenvalue weighted by atomic mass is 9.96. The van der Waals surface area contributed by atoms with Gasteiger partial charge >= 0.3 is 5.97 Å². The summed E-state index contributed by atoms with van der Waals surface area (Å²) >= 11 is 0. The van der Waals surface area contributed by atoms with Gasteiger partial charge in [-0.05, 0) is 86.0 Å². The predicted molar refractivity (Wildman–Crippen MR) is 228 cm³/mol. The van der Waals surface area contributed by atoms with Crippen molar-refractivity contribution in [2.45, 2.75) is 194 Å². The van der Waals surface area contributed by atoms with Crippen LogP contribution >= 0.6 is 0 Å². The lowest BCUT2D eigenvalue weighted by Gasteiger charge is -2.48. The van der Waals surface area contributed by atoms with E-state index in [1.807, 2.05) is 19.9 Å². The van der Waals surface area contributed by atoms with Gasteiger partial charge in [-0.3, -0.25) is 0 Å². The molecule has 0 aliphatic rings. The topological polar surface area (TPSA) is 74.2 Å². The molecule has 0 aromatic heterocycles. The first-order valence-electron chi connectivity index (χ1n) is 20.4. The van der Waals surface area contributed by atoms with E-state index in [1.165, 1.54) is 13.2 Å². The van der Waals surface area contributed by atoms with Gasteiger partial charge in [-0.15, -0.1) is 0 Å². The van der Waals surface area contributed by atoms with Crippen LogP contribution in [0.25, 0.3) is 0 Å². The molecule has 51 heavy (non-hydrogen) atoms. The van der Waals surface area contributed by atoms with E-state index in [-0.39, 0.29) is 24.1 Å². The third-order valence-electron chi connectivity index (χ3n) is 11.8. The van der Waals surface area contributed by atoms with Crippen LogP contribution in [0.2, 0.25) is 52.9 Å². The van der Waals surface area contributed by atoms with E-state index in [1.54, 1.807) is 6.08 Å². The maximum atomic E-state index is 11.4. The maximum absolute atomic E-state index is 11.4. The smallest absolute Gasteiger partial charge is 0.330 e. The van der Waals surface area contributed by atoms with E-state index in [2.05, 4.69) is 113 Å². The second kappa shape index (κ2) is 25.1. The minimum Gasteiger partial charge on any atom is -0.466 e. The van der Waals surface area contributed by atoms with Crippen LogP contribution in [0.3, 0.4) is 0 Å². The third-order valence-corrected chi connectivity index (χ3v) is 27.2. The van der Waals surface area contributed by atoms with Crippen LogP contribution in [0.15, 0.2) is 47.6 Å². The highest BCUT2D eigenvalue weighted by Gasteiger charge is 2.49. The first-order valence-corrected chi connectivity index (χ1v) is 27.6. The van der Waals surface area contributed by atoms with Crippen LogP contribution in [-0.2, 0) is 22.8 Å². The molecule has 6 nitrogen and oxygen atoms in total. The predicted octanol–water partition coefficient (Wildman–Crippen LogP) is 12.3. The number of aliphatic hydroxyl groups is 1. The van der Waals surface area contributed by atoms with Crippen molar-refractivity contribution in [1.82, 2.24) is 0 Å². The van der Waals surface area contributed by atoms with Crippen LogP contribution < -0.4 is 0 Å². The number of carbonyl (C=O) groups excluding carboxylic acids is 1. The van der Waals surface area contributed by atoms with Gasteiger partial charge in [0.25, 0.3) is 0 Å². The van der Waals surface area contributed by atoms with Crippen molar-refractivity contribution in [3.05, 3.63) is 47.6 Å². The Morgan fingerprint density at radius 2 is 1.24 bits per heavy atom. The molecule has 0 saturated carbocycles. The second-order valence-electron chi connectivity index (χ2n) is 15.8. The summed E-state index contributed by atoms with van der Waals surface area (Å²) in [7, 11) is -4.63. The Morgan fingerprint density at radius 3 is 1.69 bits per heavy atom. The number of methoxy groups -OCH3 is 1. The Morgan fingerprint density at radius 1 is 0.725 bits per heavy atom. The molecular formula is C42H82O6Si3. The zero-order valence-electron chi connectivity index (χ0n) is 36.1. The minimum absolute atomic E-state index is 0.0161. The number of hydrogen-bond acceptors (Lipinski definition) is 6. The molecule has 0 bridgehead atoms. The molecule has 0 unspecified atom stereocenters. The van der Waals surface area contributed by atoms with Gasteiger partial charge in [-0.1, -0.05) is 132 Å². The molecule has 0 rings (SSSR count). The van der Waals surface area contributed by atoms with Crippen molar-refractivity contribution in [3.63, 3.8) is 0 Å². The van der Waals surface area contributed by atoms with E-state index >= 15 is 0 Å². The summed E-state index contributed by atoms with van der Waals surface area (Å²) in [6.45, 7) is 34.8. The summed E-state index contributed by atoms with van der Waals surface area (Å²) in [5.41, 5.74) is 3.50. The molecule has 0 saturated heterocycles. The summed E-state index contributed by atoms with van der Waals surface area (Å²) < 4.78 is 26.8. The van der Waals surface area contributed by atoms with E-state index < -0.39 is 31.1 Å². The number of hydrogen-bond donors (Lipinski definition) is 1. The van der Waals surface area contributed by atoms with E-state index in [9.17, 15) is 9.90 Å². The Balaban J connectivity index is 6.41. The van der Waals surface area contributed by atoms with Gasteiger partial charge in [0.1, 0.15) is 0 Å². The molecule has 1 N–H and O–H groups in total. The first-order chi connectivity index (χ1) is 23.9. The molecule has 298 valence electrons. The number of ether oxygens (including phenoxy) is 1.